The van der Waals surface area contributed by atoms with Crippen LogP contribution in [0.5, 0.6) is 0 Å². The third-order valence-electron chi connectivity index (χ3n) is 4.02. The Morgan fingerprint density at radius 3 is 2.57 bits per heavy atom. The second-order valence-electron chi connectivity index (χ2n) is 5.99. The van der Waals surface area contributed by atoms with Crippen LogP contribution >= 0.6 is 11.8 Å². The molecule has 0 saturated carbocycles. The van der Waals surface area contributed by atoms with E-state index in [4.69, 9.17) is 0 Å². The molecule has 0 radical (unpaired) electrons. The Balaban J connectivity index is 1.86. The van der Waals surface area contributed by atoms with E-state index in [-0.39, 0.29) is 5.91 Å². The largest absolute Gasteiger partial charge is 0.339 e. The molecule has 4 heteroatoms. The van der Waals surface area contributed by atoms with E-state index < -0.39 is 0 Å². The van der Waals surface area contributed by atoms with Crippen molar-refractivity contribution in [2.45, 2.75) is 26.3 Å². The Morgan fingerprint density at radius 1 is 1.24 bits per heavy atom. The average Bonchev–Trinajstić information content (AvgIpc) is 2.48. The van der Waals surface area contributed by atoms with E-state index in [1.54, 1.807) is 11.8 Å². The zero-order valence-corrected chi connectivity index (χ0v) is 14.2. The van der Waals surface area contributed by atoms with Crippen LogP contribution in [0.1, 0.15) is 30.9 Å². The second kappa shape index (κ2) is 7.85. The maximum absolute atomic E-state index is 11.9. The first-order valence-corrected chi connectivity index (χ1v) is 9.07. The number of nitrogens with zero attached hydrogens (tertiary/aromatic N) is 2. The Bertz CT molecular complexity index is 468. The molecule has 3 nitrogen and oxygen atoms in total. The summed E-state index contributed by atoms with van der Waals surface area (Å²) in [6.07, 6.45) is 1.98. The zero-order valence-electron chi connectivity index (χ0n) is 13.3. The van der Waals surface area contributed by atoms with Crippen molar-refractivity contribution in [3.8, 4) is 0 Å². The van der Waals surface area contributed by atoms with E-state index in [2.05, 4.69) is 43.0 Å². The van der Waals surface area contributed by atoms with Gasteiger partial charge in [0.25, 0.3) is 0 Å². The lowest BCUT2D eigenvalue weighted by Gasteiger charge is -2.34. The van der Waals surface area contributed by atoms with Crippen LogP contribution in [0, 0.1) is 0 Å². The Kier molecular flexibility index (Phi) is 6.12. The van der Waals surface area contributed by atoms with E-state index in [0.29, 0.717) is 11.7 Å². The lowest BCUT2D eigenvalue weighted by Crippen LogP contribution is -2.48. The van der Waals surface area contributed by atoms with E-state index in [9.17, 15) is 4.79 Å². The number of amides is 1. The van der Waals surface area contributed by atoms with E-state index >= 15 is 0 Å². The molecule has 0 bridgehead atoms. The van der Waals surface area contributed by atoms with Crippen LogP contribution < -0.4 is 0 Å². The van der Waals surface area contributed by atoms with Gasteiger partial charge in [0, 0.05) is 32.7 Å². The van der Waals surface area contributed by atoms with Gasteiger partial charge in [0.05, 0.1) is 5.75 Å². The quantitative estimate of drug-likeness (QED) is 0.836. The summed E-state index contributed by atoms with van der Waals surface area (Å²) in [5, 5.41) is 0. The van der Waals surface area contributed by atoms with Crippen molar-refractivity contribution in [2.75, 3.05) is 38.2 Å². The molecule has 1 fully saturated rings. The lowest BCUT2D eigenvalue weighted by atomic mass is 10.0. The lowest BCUT2D eigenvalue weighted by molar-refractivity contribution is -0.130. The molecule has 1 aliphatic rings. The molecule has 0 aliphatic carbocycles. The van der Waals surface area contributed by atoms with Gasteiger partial charge in [-0.3, -0.25) is 9.69 Å². The highest BCUT2D eigenvalue weighted by Gasteiger charge is 2.20. The number of piperazine rings is 1. The van der Waals surface area contributed by atoms with Gasteiger partial charge >= 0.3 is 0 Å². The SMILES string of the molecule is CSCC(=O)N1CCN(Cc2cccc(C(C)C)c2)CC1. The minimum Gasteiger partial charge on any atom is -0.339 e. The molecule has 1 saturated heterocycles. The fraction of sp³-hybridized carbons (Fsp3) is 0.588. The standard InChI is InChI=1S/C17H26N2OS/c1-14(2)16-6-4-5-15(11-16)12-18-7-9-19(10-8-18)17(20)13-21-3/h4-6,11,14H,7-10,12-13H2,1-3H3. The molecule has 1 aromatic carbocycles. The first-order chi connectivity index (χ1) is 10.1. The smallest absolute Gasteiger partial charge is 0.232 e. The maximum atomic E-state index is 11.9. The monoisotopic (exact) mass is 306 g/mol. The summed E-state index contributed by atoms with van der Waals surface area (Å²) in [5.41, 5.74) is 2.78. The van der Waals surface area contributed by atoms with Crippen molar-refractivity contribution in [3.63, 3.8) is 0 Å². The Labute approximate surface area is 132 Å². The van der Waals surface area contributed by atoms with Crippen molar-refractivity contribution in [3.05, 3.63) is 35.4 Å². The molecule has 0 N–H and O–H groups in total. The summed E-state index contributed by atoms with van der Waals surface area (Å²) in [5.74, 6) is 1.46. The van der Waals surface area contributed by atoms with Crippen LogP contribution in [-0.2, 0) is 11.3 Å². The minimum absolute atomic E-state index is 0.281. The second-order valence-corrected chi connectivity index (χ2v) is 6.86. The van der Waals surface area contributed by atoms with Gasteiger partial charge < -0.3 is 4.90 Å². The van der Waals surface area contributed by atoms with Crippen molar-refractivity contribution in [1.82, 2.24) is 9.80 Å². The average molecular weight is 306 g/mol. The molecule has 1 aromatic rings. The molecular weight excluding hydrogens is 280 g/mol. The van der Waals surface area contributed by atoms with Crippen LogP contribution in [-0.4, -0.2) is 53.9 Å². The minimum atomic E-state index is 0.281. The molecule has 116 valence electrons. The van der Waals surface area contributed by atoms with Gasteiger partial charge in [-0.05, 0) is 23.3 Å². The van der Waals surface area contributed by atoms with E-state index in [0.717, 1.165) is 32.7 Å². The Hall–Kier alpha value is -1.00. The van der Waals surface area contributed by atoms with E-state index in [1.807, 2.05) is 11.2 Å². The van der Waals surface area contributed by atoms with Gasteiger partial charge in [-0.2, -0.15) is 11.8 Å². The molecule has 1 heterocycles. The predicted molar refractivity (Wildman–Crippen MR) is 90.8 cm³/mol. The molecule has 0 spiro atoms. The molecule has 1 amide bonds. The molecule has 0 aromatic heterocycles. The number of carbonyl (C=O) groups is 1. The summed E-state index contributed by atoms with van der Waals surface area (Å²) in [7, 11) is 0. The van der Waals surface area contributed by atoms with Gasteiger partial charge in [0.15, 0.2) is 0 Å². The first-order valence-electron chi connectivity index (χ1n) is 7.68. The molecule has 21 heavy (non-hydrogen) atoms. The third kappa shape index (κ3) is 4.75. The van der Waals surface area contributed by atoms with Gasteiger partial charge in [-0.1, -0.05) is 38.1 Å². The van der Waals surface area contributed by atoms with Crippen molar-refractivity contribution in [2.24, 2.45) is 0 Å². The number of benzene rings is 1. The highest BCUT2D eigenvalue weighted by atomic mass is 32.2. The molecular formula is C17H26N2OS. The maximum Gasteiger partial charge on any atom is 0.232 e. The van der Waals surface area contributed by atoms with E-state index in [1.165, 1.54) is 11.1 Å². The normalized spacial score (nSPS) is 16.5. The van der Waals surface area contributed by atoms with Crippen molar-refractivity contribution < 1.29 is 4.79 Å². The number of carbonyl (C=O) groups excluding carboxylic acids is 1. The summed E-state index contributed by atoms with van der Waals surface area (Å²) in [6, 6.07) is 8.88. The molecule has 2 rings (SSSR count). The molecule has 1 aliphatic heterocycles. The number of thioether (sulfide) groups is 1. The van der Waals surface area contributed by atoms with Gasteiger partial charge in [0.2, 0.25) is 5.91 Å². The van der Waals surface area contributed by atoms with Gasteiger partial charge in [-0.15, -0.1) is 0 Å². The van der Waals surface area contributed by atoms with Crippen molar-refractivity contribution >= 4 is 17.7 Å². The number of rotatable bonds is 5. The van der Waals surface area contributed by atoms with Crippen LogP contribution in [0.4, 0.5) is 0 Å². The zero-order chi connectivity index (χ0) is 15.2. The first kappa shape index (κ1) is 16.4. The summed E-state index contributed by atoms with van der Waals surface area (Å²) in [4.78, 5) is 16.3. The fourth-order valence-electron chi connectivity index (χ4n) is 2.68. The topological polar surface area (TPSA) is 23.6 Å². The van der Waals surface area contributed by atoms with Gasteiger partial charge in [0.1, 0.15) is 0 Å². The summed E-state index contributed by atoms with van der Waals surface area (Å²) < 4.78 is 0. The van der Waals surface area contributed by atoms with Crippen molar-refractivity contribution in [1.29, 1.82) is 0 Å². The van der Waals surface area contributed by atoms with Gasteiger partial charge in [-0.25, -0.2) is 0 Å². The number of hydrogen-bond acceptors (Lipinski definition) is 3. The van der Waals surface area contributed by atoms with Crippen LogP contribution in [0.3, 0.4) is 0 Å². The highest BCUT2D eigenvalue weighted by molar-refractivity contribution is 7.99. The summed E-state index contributed by atoms with van der Waals surface area (Å²) in [6.45, 7) is 9.14. The molecule has 0 atom stereocenters. The molecule has 0 unspecified atom stereocenters. The van der Waals surface area contributed by atoms with Crippen LogP contribution in [0.2, 0.25) is 0 Å². The Morgan fingerprint density at radius 2 is 1.95 bits per heavy atom. The predicted octanol–water partition coefficient (Wildman–Crippen LogP) is 2.82. The highest BCUT2D eigenvalue weighted by Crippen LogP contribution is 2.17. The van der Waals surface area contributed by atoms with Crippen LogP contribution in [0.25, 0.3) is 0 Å². The third-order valence-corrected chi connectivity index (χ3v) is 4.55. The van der Waals surface area contributed by atoms with Crippen LogP contribution in [0.15, 0.2) is 24.3 Å². The number of hydrogen-bond donors (Lipinski definition) is 0. The fourth-order valence-corrected chi connectivity index (χ4v) is 3.11. The summed E-state index contributed by atoms with van der Waals surface area (Å²) >= 11 is 1.61.